The Labute approximate surface area is 86.3 Å². The van der Waals surface area contributed by atoms with Crippen molar-refractivity contribution in [1.82, 2.24) is 4.90 Å². The monoisotopic (exact) mass is 193 g/mol. The van der Waals surface area contributed by atoms with Gasteiger partial charge < -0.3 is 5.11 Å². The van der Waals surface area contributed by atoms with E-state index in [1.54, 1.807) is 0 Å². The van der Waals surface area contributed by atoms with Crippen molar-refractivity contribution in [2.24, 2.45) is 0 Å². The molecule has 2 heteroatoms. The normalized spacial score (nSPS) is 44.1. The minimum absolute atomic E-state index is 0.180. The standard InChI is InChI=1S/C12H19NO/c1-3-10-5-4-6-11-7-8-12(14)9(2)13(10)11/h1,9-12,14H,4-8H2,2H3/t9-,10-,11+,12+/m0/s1. The number of fused-ring (bicyclic) bond motifs is 1. The highest BCUT2D eigenvalue weighted by molar-refractivity contribution is 5.07. The lowest BCUT2D eigenvalue weighted by Gasteiger charge is -2.48. The molecular formula is C12H19NO. The number of piperidine rings is 2. The predicted molar refractivity (Wildman–Crippen MR) is 56.8 cm³/mol. The number of aliphatic hydroxyl groups is 1. The van der Waals surface area contributed by atoms with Gasteiger partial charge >= 0.3 is 0 Å². The molecule has 0 spiro atoms. The number of nitrogens with zero attached hydrogens (tertiary/aromatic N) is 1. The maximum absolute atomic E-state index is 9.82. The smallest absolute Gasteiger partial charge is 0.0717 e. The molecule has 0 saturated carbocycles. The van der Waals surface area contributed by atoms with Crippen LogP contribution in [0.2, 0.25) is 0 Å². The Morgan fingerprint density at radius 1 is 1.29 bits per heavy atom. The van der Waals surface area contributed by atoms with Gasteiger partial charge in [-0.1, -0.05) is 5.92 Å². The molecule has 2 aliphatic heterocycles. The zero-order valence-corrected chi connectivity index (χ0v) is 8.82. The zero-order valence-electron chi connectivity index (χ0n) is 8.82. The van der Waals surface area contributed by atoms with Crippen LogP contribution in [-0.2, 0) is 0 Å². The Kier molecular flexibility index (Phi) is 2.80. The molecule has 14 heavy (non-hydrogen) atoms. The first-order valence-electron chi connectivity index (χ1n) is 5.65. The van der Waals surface area contributed by atoms with E-state index in [1.165, 1.54) is 12.8 Å². The highest BCUT2D eigenvalue weighted by Crippen LogP contribution is 2.33. The third-order valence-corrected chi connectivity index (χ3v) is 3.81. The van der Waals surface area contributed by atoms with Crippen LogP contribution >= 0.6 is 0 Å². The third kappa shape index (κ3) is 1.55. The van der Waals surface area contributed by atoms with E-state index in [1.807, 2.05) is 0 Å². The molecule has 78 valence electrons. The van der Waals surface area contributed by atoms with Gasteiger partial charge in [-0.2, -0.15) is 0 Å². The average Bonchev–Trinajstić information content (AvgIpc) is 2.23. The molecule has 4 atom stereocenters. The van der Waals surface area contributed by atoms with Crippen molar-refractivity contribution >= 4 is 0 Å². The SMILES string of the molecule is C#C[C@H]1CCC[C@@H]2CC[C@@H](O)[C@H](C)N21. The van der Waals surface area contributed by atoms with Crippen molar-refractivity contribution < 1.29 is 5.11 Å². The summed E-state index contributed by atoms with van der Waals surface area (Å²) in [6.07, 6.45) is 11.0. The molecule has 0 aromatic heterocycles. The summed E-state index contributed by atoms with van der Waals surface area (Å²) < 4.78 is 0. The van der Waals surface area contributed by atoms with Crippen LogP contribution in [0.4, 0.5) is 0 Å². The number of hydrogen-bond acceptors (Lipinski definition) is 2. The minimum atomic E-state index is -0.180. The van der Waals surface area contributed by atoms with Crippen LogP contribution < -0.4 is 0 Å². The van der Waals surface area contributed by atoms with Crippen molar-refractivity contribution in [2.45, 2.75) is 63.3 Å². The molecular weight excluding hydrogens is 174 g/mol. The molecule has 2 fully saturated rings. The predicted octanol–water partition coefficient (Wildman–Crippen LogP) is 1.39. The Hall–Kier alpha value is -0.520. The Morgan fingerprint density at radius 2 is 2.07 bits per heavy atom. The van der Waals surface area contributed by atoms with Crippen LogP contribution in [0, 0.1) is 12.3 Å². The maximum Gasteiger partial charge on any atom is 0.0717 e. The van der Waals surface area contributed by atoms with Gasteiger partial charge in [0.15, 0.2) is 0 Å². The van der Waals surface area contributed by atoms with Gasteiger partial charge in [0.1, 0.15) is 0 Å². The van der Waals surface area contributed by atoms with Crippen LogP contribution in [0.3, 0.4) is 0 Å². The van der Waals surface area contributed by atoms with Gasteiger partial charge in [-0.05, 0) is 39.0 Å². The fraction of sp³-hybridized carbons (Fsp3) is 0.833. The van der Waals surface area contributed by atoms with E-state index in [-0.39, 0.29) is 18.2 Å². The first kappa shape index (κ1) is 10.0. The highest BCUT2D eigenvalue weighted by Gasteiger charge is 2.39. The van der Waals surface area contributed by atoms with Gasteiger partial charge in [0.05, 0.1) is 12.1 Å². The number of terminal acetylenes is 1. The van der Waals surface area contributed by atoms with E-state index in [0.717, 1.165) is 19.3 Å². The molecule has 0 aliphatic carbocycles. The van der Waals surface area contributed by atoms with Crippen LogP contribution in [0.25, 0.3) is 0 Å². The fourth-order valence-corrected chi connectivity index (χ4v) is 2.98. The number of rotatable bonds is 0. The van der Waals surface area contributed by atoms with E-state index >= 15 is 0 Å². The lowest BCUT2D eigenvalue weighted by atomic mass is 9.84. The summed E-state index contributed by atoms with van der Waals surface area (Å²) >= 11 is 0. The van der Waals surface area contributed by atoms with Crippen molar-refractivity contribution in [3.63, 3.8) is 0 Å². The van der Waals surface area contributed by atoms with Crippen LogP contribution in [0.1, 0.15) is 39.0 Å². The van der Waals surface area contributed by atoms with E-state index in [0.29, 0.717) is 6.04 Å². The summed E-state index contributed by atoms with van der Waals surface area (Å²) in [5, 5.41) is 9.82. The molecule has 0 unspecified atom stereocenters. The lowest BCUT2D eigenvalue weighted by Crippen LogP contribution is -2.57. The van der Waals surface area contributed by atoms with Crippen LogP contribution in [0.5, 0.6) is 0 Å². The van der Waals surface area contributed by atoms with Gasteiger partial charge in [-0.15, -0.1) is 6.42 Å². The van der Waals surface area contributed by atoms with Crippen LogP contribution in [0.15, 0.2) is 0 Å². The topological polar surface area (TPSA) is 23.5 Å². The van der Waals surface area contributed by atoms with Gasteiger partial charge in [0.25, 0.3) is 0 Å². The summed E-state index contributed by atoms with van der Waals surface area (Å²) in [5.74, 6) is 2.87. The van der Waals surface area contributed by atoms with Crippen molar-refractivity contribution in [2.75, 3.05) is 0 Å². The quantitative estimate of drug-likeness (QED) is 0.588. The molecule has 2 saturated heterocycles. The van der Waals surface area contributed by atoms with E-state index in [4.69, 9.17) is 6.42 Å². The second kappa shape index (κ2) is 3.92. The zero-order chi connectivity index (χ0) is 10.1. The van der Waals surface area contributed by atoms with Crippen molar-refractivity contribution in [1.29, 1.82) is 0 Å². The van der Waals surface area contributed by atoms with Gasteiger partial charge in [0.2, 0.25) is 0 Å². The summed E-state index contributed by atoms with van der Waals surface area (Å²) in [6.45, 7) is 2.10. The molecule has 1 N–H and O–H groups in total. The van der Waals surface area contributed by atoms with Crippen molar-refractivity contribution in [3.8, 4) is 12.3 Å². The van der Waals surface area contributed by atoms with E-state index in [2.05, 4.69) is 17.7 Å². The van der Waals surface area contributed by atoms with Crippen LogP contribution in [-0.4, -0.2) is 34.2 Å². The summed E-state index contributed by atoms with van der Waals surface area (Å²) in [4.78, 5) is 2.37. The highest BCUT2D eigenvalue weighted by atomic mass is 16.3. The van der Waals surface area contributed by atoms with Gasteiger partial charge in [0, 0.05) is 12.1 Å². The second-order valence-electron chi connectivity index (χ2n) is 4.60. The maximum atomic E-state index is 9.82. The largest absolute Gasteiger partial charge is 0.392 e. The molecule has 0 bridgehead atoms. The first-order chi connectivity index (χ1) is 6.74. The Balaban J connectivity index is 2.15. The molecule has 2 aliphatic rings. The average molecular weight is 193 g/mol. The second-order valence-corrected chi connectivity index (χ2v) is 4.60. The van der Waals surface area contributed by atoms with E-state index in [9.17, 15) is 5.11 Å². The van der Waals surface area contributed by atoms with E-state index < -0.39 is 0 Å². The number of aliphatic hydroxyl groups excluding tert-OH is 1. The Morgan fingerprint density at radius 3 is 2.79 bits per heavy atom. The minimum Gasteiger partial charge on any atom is -0.392 e. The molecule has 2 rings (SSSR count). The molecule has 0 aromatic rings. The lowest BCUT2D eigenvalue weighted by molar-refractivity contribution is -0.0438. The number of hydrogen-bond donors (Lipinski definition) is 1. The summed E-state index contributed by atoms with van der Waals surface area (Å²) in [5.41, 5.74) is 0. The van der Waals surface area contributed by atoms with Gasteiger partial charge in [-0.25, -0.2) is 0 Å². The van der Waals surface area contributed by atoms with Crippen molar-refractivity contribution in [3.05, 3.63) is 0 Å². The molecule has 2 heterocycles. The van der Waals surface area contributed by atoms with Gasteiger partial charge in [-0.3, -0.25) is 4.90 Å². The molecule has 2 nitrogen and oxygen atoms in total. The summed E-state index contributed by atoms with van der Waals surface area (Å²) in [6, 6.07) is 1.14. The fourth-order valence-electron chi connectivity index (χ4n) is 2.98. The third-order valence-electron chi connectivity index (χ3n) is 3.81. The molecule has 0 aromatic carbocycles. The molecule has 0 amide bonds. The summed E-state index contributed by atoms with van der Waals surface area (Å²) in [7, 11) is 0. The first-order valence-corrected chi connectivity index (χ1v) is 5.65. The molecule has 0 radical (unpaired) electrons. The Bertz CT molecular complexity index is 243.